The van der Waals surface area contributed by atoms with Crippen molar-refractivity contribution in [3.05, 3.63) is 71.5 Å². The quantitative estimate of drug-likeness (QED) is 0.610. The Labute approximate surface area is 170 Å². The molecule has 0 spiro atoms. The summed E-state index contributed by atoms with van der Waals surface area (Å²) in [4.78, 5) is 15.0. The zero-order chi connectivity index (χ0) is 20.4. The van der Waals surface area contributed by atoms with Crippen molar-refractivity contribution in [2.75, 3.05) is 21.3 Å². The zero-order valence-corrected chi connectivity index (χ0v) is 17.0. The molecule has 150 valence electrons. The van der Waals surface area contributed by atoms with Crippen molar-refractivity contribution < 1.29 is 14.3 Å². The van der Waals surface area contributed by atoms with Crippen LogP contribution in [0.3, 0.4) is 0 Å². The van der Waals surface area contributed by atoms with Gasteiger partial charge in [-0.2, -0.15) is 5.10 Å². The van der Waals surface area contributed by atoms with Crippen molar-refractivity contribution in [1.82, 2.24) is 14.7 Å². The summed E-state index contributed by atoms with van der Waals surface area (Å²) in [5.41, 5.74) is 3.44. The number of benzene rings is 2. The van der Waals surface area contributed by atoms with Gasteiger partial charge in [0.05, 0.1) is 25.6 Å². The van der Waals surface area contributed by atoms with Crippen LogP contribution < -0.4 is 9.47 Å². The van der Waals surface area contributed by atoms with Gasteiger partial charge in [0.25, 0.3) is 5.91 Å². The van der Waals surface area contributed by atoms with E-state index in [2.05, 4.69) is 0 Å². The van der Waals surface area contributed by atoms with E-state index in [0.717, 1.165) is 29.8 Å². The number of hydrogen-bond acceptors (Lipinski definition) is 4. The normalized spacial score (nSPS) is 13.2. The van der Waals surface area contributed by atoms with Crippen molar-refractivity contribution in [1.29, 1.82) is 0 Å². The topological polar surface area (TPSA) is 56.6 Å². The molecule has 1 amide bonds. The highest BCUT2D eigenvalue weighted by Crippen LogP contribution is 2.40. The fraction of sp³-hybridized carbons (Fsp3) is 0.304. The lowest BCUT2D eigenvalue weighted by atomic mass is 10.2. The second kappa shape index (κ2) is 7.99. The fourth-order valence-electron chi connectivity index (χ4n) is 3.42. The first kappa shape index (κ1) is 19.1. The van der Waals surface area contributed by atoms with Crippen LogP contribution in [-0.2, 0) is 6.54 Å². The maximum atomic E-state index is 13.3. The summed E-state index contributed by atoms with van der Waals surface area (Å²) < 4.78 is 12.4. The number of carbonyl (C=O) groups is 1. The van der Waals surface area contributed by atoms with Crippen molar-refractivity contribution in [2.45, 2.75) is 25.3 Å². The van der Waals surface area contributed by atoms with Crippen molar-refractivity contribution in [2.24, 2.45) is 0 Å². The molecule has 1 aliphatic carbocycles. The first-order chi connectivity index (χ1) is 14.1. The molecule has 1 aromatic heterocycles. The van der Waals surface area contributed by atoms with E-state index in [-0.39, 0.29) is 5.91 Å². The van der Waals surface area contributed by atoms with Crippen molar-refractivity contribution in [3.8, 4) is 17.2 Å². The van der Waals surface area contributed by atoms with Gasteiger partial charge in [-0.3, -0.25) is 4.79 Å². The van der Waals surface area contributed by atoms with Crippen LogP contribution in [0.5, 0.6) is 11.5 Å². The molecular formula is C23H25N3O3. The Balaban J connectivity index is 1.60. The standard InChI is InChI=1S/C23H25N3O3/c1-25(15-16-9-12-21(28-2)22(13-16)29-3)23(27)20-14-19(17-10-11-17)24-26(20)18-7-5-4-6-8-18/h4-9,12-14,17H,10-11,15H2,1-3H3. The lowest BCUT2D eigenvalue weighted by molar-refractivity contribution is 0.0776. The maximum Gasteiger partial charge on any atom is 0.272 e. The van der Waals surface area contributed by atoms with E-state index in [4.69, 9.17) is 14.6 Å². The minimum Gasteiger partial charge on any atom is -0.493 e. The molecule has 1 saturated carbocycles. The summed E-state index contributed by atoms with van der Waals surface area (Å²) in [6.07, 6.45) is 2.28. The number of rotatable bonds is 7. The molecule has 0 unspecified atom stereocenters. The van der Waals surface area contributed by atoms with E-state index in [0.29, 0.717) is 29.7 Å². The number of para-hydroxylation sites is 1. The maximum absolute atomic E-state index is 13.3. The number of amides is 1. The Morgan fingerprint density at radius 2 is 1.79 bits per heavy atom. The van der Waals surface area contributed by atoms with Crippen LogP contribution in [-0.4, -0.2) is 41.9 Å². The summed E-state index contributed by atoms with van der Waals surface area (Å²) >= 11 is 0. The summed E-state index contributed by atoms with van der Waals surface area (Å²) in [6.45, 7) is 0.456. The molecular weight excluding hydrogens is 366 g/mol. The van der Waals surface area contributed by atoms with Gasteiger partial charge in [-0.15, -0.1) is 0 Å². The summed E-state index contributed by atoms with van der Waals surface area (Å²) in [5.74, 6) is 1.73. The van der Waals surface area contributed by atoms with Crippen LogP contribution in [0.2, 0.25) is 0 Å². The van der Waals surface area contributed by atoms with Crippen LogP contribution in [0, 0.1) is 0 Å². The average molecular weight is 391 g/mol. The van der Waals surface area contributed by atoms with E-state index in [1.807, 2.05) is 54.6 Å². The molecule has 6 heteroatoms. The van der Waals surface area contributed by atoms with Crippen LogP contribution in [0.4, 0.5) is 0 Å². The van der Waals surface area contributed by atoms with Gasteiger partial charge in [0, 0.05) is 19.5 Å². The summed E-state index contributed by atoms with van der Waals surface area (Å²) in [5, 5.41) is 4.74. The monoisotopic (exact) mass is 391 g/mol. The molecule has 1 aliphatic rings. The van der Waals surface area contributed by atoms with Gasteiger partial charge in [0.15, 0.2) is 11.5 Å². The molecule has 6 nitrogen and oxygen atoms in total. The van der Waals surface area contributed by atoms with Crippen molar-refractivity contribution >= 4 is 5.91 Å². The van der Waals surface area contributed by atoms with Crippen LogP contribution in [0.25, 0.3) is 5.69 Å². The minimum atomic E-state index is -0.0666. The molecule has 1 fully saturated rings. The van der Waals surface area contributed by atoms with Crippen LogP contribution in [0.15, 0.2) is 54.6 Å². The molecule has 0 bridgehead atoms. The Morgan fingerprint density at radius 1 is 1.07 bits per heavy atom. The highest BCUT2D eigenvalue weighted by atomic mass is 16.5. The third kappa shape index (κ3) is 3.97. The van der Waals surface area contributed by atoms with E-state index >= 15 is 0 Å². The Hall–Kier alpha value is -3.28. The Morgan fingerprint density at radius 3 is 2.45 bits per heavy atom. The molecule has 0 radical (unpaired) electrons. The highest BCUT2D eigenvalue weighted by Gasteiger charge is 2.29. The average Bonchev–Trinajstić information content (AvgIpc) is 3.52. The zero-order valence-electron chi connectivity index (χ0n) is 17.0. The molecule has 2 aromatic carbocycles. The number of ether oxygens (including phenoxy) is 2. The predicted octanol–water partition coefficient (Wildman–Crippen LogP) is 4.04. The van der Waals surface area contributed by atoms with Gasteiger partial charge in [0.2, 0.25) is 0 Å². The molecule has 29 heavy (non-hydrogen) atoms. The first-order valence-electron chi connectivity index (χ1n) is 9.72. The van der Waals surface area contributed by atoms with Crippen LogP contribution >= 0.6 is 0 Å². The fourth-order valence-corrected chi connectivity index (χ4v) is 3.42. The molecule has 0 N–H and O–H groups in total. The minimum absolute atomic E-state index is 0.0666. The lowest BCUT2D eigenvalue weighted by Crippen LogP contribution is -2.28. The third-order valence-electron chi connectivity index (χ3n) is 5.16. The summed E-state index contributed by atoms with van der Waals surface area (Å²) in [7, 11) is 5.02. The van der Waals surface area contributed by atoms with Gasteiger partial charge in [0.1, 0.15) is 5.69 Å². The van der Waals surface area contributed by atoms with Crippen LogP contribution in [0.1, 0.15) is 40.5 Å². The molecule has 0 atom stereocenters. The Kier molecular flexibility index (Phi) is 5.25. The first-order valence-corrected chi connectivity index (χ1v) is 9.72. The van der Waals surface area contributed by atoms with E-state index in [9.17, 15) is 4.79 Å². The second-order valence-corrected chi connectivity index (χ2v) is 7.33. The second-order valence-electron chi connectivity index (χ2n) is 7.33. The van der Waals surface area contributed by atoms with Gasteiger partial charge >= 0.3 is 0 Å². The molecule has 0 saturated heterocycles. The molecule has 0 aliphatic heterocycles. The number of methoxy groups -OCH3 is 2. The van der Waals surface area contributed by atoms with Crippen molar-refractivity contribution in [3.63, 3.8) is 0 Å². The van der Waals surface area contributed by atoms with Gasteiger partial charge in [-0.05, 0) is 48.7 Å². The molecule has 1 heterocycles. The summed E-state index contributed by atoms with van der Waals surface area (Å²) in [6, 6.07) is 17.4. The molecule has 4 rings (SSSR count). The van der Waals surface area contributed by atoms with Gasteiger partial charge in [-0.25, -0.2) is 4.68 Å². The van der Waals surface area contributed by atoms with E-state index in [1.165, 1.54) is 0 Å². The number of aromatic nitrogens is 2. The number of hydrogen-bond donors (Lipinski definition) is 0. The highest BCUT2D eigenvalue weighted by molar-refractivity contribution is 5.93. The van der Waals surface area contributed by atoms with E-state index < -0.39 is 0 Å². The van der Waals surface area contributed by atoms with E-state index in [1.54, 1.807) is 30.8 Å². The third-order valence-corrected chi connectivity index (χ3v) is 5.16. The SMILES string of the molecule is COc1ccc(CN(C)C(=O)c2cc(C3CC3)nn2-c2ccccc2)cc1OC. The molecule has 3 aromatic rings. The lowest BCUT2D eigenvalue weighted by Gasteiger charge is -2.19. The Bertz CT molecular complexity index is 1010. The predicted molar refractivity (Wildman–Crippen MR) is 111 cm³/mol. The largest absolute Gasteiger partial charge is 0.493 e. The number of nitrogens with zero attached hydrogens (tertiary/aromatic N) is 3. The number of carbonyl (C=O) groups excluding carboxylic acids is 1. The van der Waals surface area contributed by atoms with Gasteiger partial charge in [-0.1, -0.05) is 24.3 Å². The smallest absolute Gasteiger partial charge is 0.272 e. The van der Waals surface area contributed by atoms with Gasteiger partial charge < -0.3 is 14.4 Å².